The lowest BCUT2D eigenvalue weighted by atomic mass is 9.97. The number of likely N-dealkylation sites (N-methyl/N-ethyl adjacent to an activating group) is 1. The first-order valence-electron chi connectivity index (χ1n) is 5.76. The summed E-state index contributed by atoms with van der Waals surface area (Å²) >= 11 is 0. The van der Waals surface area contributed by atoms with Gasteiger partial charge < -0.3 is 24.6 Å². The fourth-order valence-electron chi connectivity index (χ4n) is 1.86. The van der Waals surface area contributed by atoms with E-state index in [9.17, 15) is 9.90 Å². The second-order valence-electron chi connectivity index (χ2n) is 3.90. The van der Waals surface area contributed by atoms with Crippen LogP contribution in [0.3, 0.4) is 0 Å². The first-order chi connectivity index (χ1) is 9.08. The van der Waals surface area contributed by atoms with Gasteiger partial charge in [-0.15, -0.1) is 0 Å². The first-order valence-corrected chi connectivity index (χ1v) is 5.76. The summed E-state index contributed by atoms with van der Waals surface area (Å²) in [4.78, 5) is 11.3. The van der Waals surface area contributed by atoms with E-state index in [0.717, 1.165) is 0 Å². The van der Waals surface area contributed by atoms with Crippen molar-refractivity contribution in [2.24, 2.45) is 0 Å². The molecule has 0 aliphatic heterocycles. The predicted octanol–water partition coefficient (Wildman–Crippen LogP) is 1.10. The van der Waals surface area contributed by atoms with Crippen LogP contribution in [-0.4, -0.2) is 46.0 Å². The van der Waals surface area contributed by atoms with E-state index in [-0.39, 0.29) is 0 Å². The Hall–Kier alpha value is -1.95. The van der Waals surface area contributed by atoms with Crippen molar-refractivity contribution in [1.29, 1.82) is 0 Å². The minimum absolute atomic E-state index is 0.293. The molecule has 0 spiro atoms. The van der Waals surface area contributed by atoms with Crippen molar-refractivity contribution in [1.82, 2.24) is 5.32 Å². The van der Waals surface area contributed by atoms with Crippen LogP contribution in [0, 0.1) is 0 Å². The van der Waals surface area contributed by atoms with Crippen LogP contribution in [0.2, 0.25) is 0 Å². The van der Waals surface area contributed by atoms with Gasteiger partial charge in [-0.05, 0) is 13.1 Å². The SMILES string of the molecule is CNCC(C(=O)O)c1cc(OC)c(OC)cc1OC. The van der Waals surface area contributed by atoms with Gasteiger partial charge in [-0.2, -0.15) is 0 Å². The van der Waals surface area contributed by atoms with Crippen LogP contribution in [0.1, 0.15) is 11.5 Å². The highest BCUT2D eigenvalue weighted by Crippen LogP contribution is 2.38. The zero-order valence-electron chi connectivity index (χ0n) is 11.5. The molecule has 1 aromatic rings. The van der Waals surface area contributed by atoms with E-state index in [2.05, 4.69) is 5.32 Å². The van der Waals surface area contributed by atoms with Crippen LogP contribution in [-0.2, 0) is 4.79 Å². The zero-order valence-corrected chi connectivity index (χ0v) is 11.5. The number of hydrogen-bond acceptors (Lipinski definition) is 5. The number of carbonyl (C=O) groups is 1. The number of rotatable bonds is 7. The Morgan fingerprint density at radius 1 is 1.16 bits per heavy atom. The van der Waals surface area contributed by atoms with E-state index < -0.39 is 11.9 Å². The molecular weight excluding hydrogens is 250 g/mol. The normalized spacial score (nSPS) is 11.8. The monoisotopic (exact) mass is 269 g/mol. The Kier molecular flexibility index (Phi) is 5.44. The molecule has 0 radical (unpaired) electrons. The molecule has 0 fully saturated rings. The Morgan fingerprint density at radius 2 is 1.68 bits per heavy atom. The fraction of sp³-hybridized carbons (Fsp3) is 0.462. The van der Waals surface area contributed by atoms with E-state index in [1.807, 2.05) is 0 Å². The summed E-state index contributed by atoms with van der Waals surface area (Å²) in [7, 11) is 6.20. The molecular formula is C13H19NO5. The lowest BCUT2D eigenvalue weighted by Gasteiger charge is -2.18. The van der Waals surface area contributed by atoms with Gasteiger partial charge in [0.05, 0.1) is 27.2 Å². The van der Waals surface area contributed by atoms with Crippen molar-refractivity contribution in [3.05, 3.63) is 17.7 Å². The van der Waals surface area contributed by atoms with Gasteiger partial charge in [0.2, 0.25) is 0 Å². The van der Waals surface area contributed by atoms with Crippen molar-refractivity contribution < 1.29 is 24.1 Å². The van der Waals surface area contributed by atoms with Gasteiger partial charge in [0, 0.05) is 18.2 Å². The molecule has 1 aromatic carbocycles. The van der Waals surface area contributed by atoms with Gasteiger partial charge in [0.1, 0.15) is 5.75 Å². The predicted molar refractivity (Wildman–Crippen MR) is 70.4 cm³/mol. The van der Waals surface area contributed by atoms with Crippen molar-refractivity contribution >= 4 is 5.97 Å². The van der Waals surface area contributed by atoms with Gasteiger partial charge >= 0.3 is 5.97 Å². The first kappa shape index (κ1) is 15.1. The number of carboxylic acid groups (broad SMARTS) is 1. The lowest BCUT2D eigenvalue weighted by molar-refractivity contribution is -0.138. The molecule has 106 valence electrons. The van der Waals surface area contributed by atoms with Gasteiger partial charge in [-0.1, -0.05) is 0 Å². The second kappa shape index (κ2) is 6.84. The van der Waals surface area contributed by atoms with Crippen LogP contribution in [0.15, 0.2) is 12.1 Å². The van der Waals surface area contributed by atoms with E-state index in [1.54, 1.807) is 19.2 Å². The average Bonchev–Trinajstić information content (AvgIpc) is 2.42. The minimum Gasteiger partial charge on any atom is -0.496 e. The van der Waals surface area contributed by atoms with Gasteiger partial charge in [0.25, 0.3) is 0 Å². The highest BCUT2D eigenvalue weighted by Gasteiger charge is 2.25. The van der Waals surface area contributed by atoms with E-state index in [4.69, 9.17) is 14.2 Å². The van der Waals surface area contributed by atoms with Crippen molar-refractivity contribution in [3.63, 3.8) is 0 Å². The summed E-state index contributed by atoms with van der Waals surface area (Å²) in [5, 5.41) is 12.2. The van der Waals surface area contributed by atoms with Crippen LogP contribution in [0.4, 0.5) is 0 Å². The summed E-state index contributed by atoms with van der Waals surface area (Å²) in [5.41, 5.74) is 0.544. The largest absolute Gasteiger partial charge is 0.496 e. The molecule has 0 aliphatic rings. The van der Waals surface area contributed by atoms with Gasteiger partial charge in [-0.25, -0.2) is 0 Å². The topological polar surface area (TPSA) is 77.0 Å². The molecule has 1 rings (SSSR count). The number of methoxy groups -OCH3 is 3. The van der Waals surface area contributed by atoms with E-state index in [0.29, 0.717) is 29.4 Å². The minimum atomic E-state index is -0.931. The standard InChI is InChI=1S/C13H19NO5/c1-14-7-9(13(15)16)8-5-11(18-3)12(19-4)6-10(8)17-2/h5-6,9,14H,7H2,1-4H3,(H,15,16). The van der Waals surface area contributed by atoms with Gasteiger partial charge in [-0.3, -0.25) is 4.79 Å². The van der Waals surface area contributed by atoms with Crippen LogP contribution in [0.25, 0.3) is 0 Å². The molecule has 6 nitrogen and oxygen atoms in total. The second-order valence-corrected chi connectivity index (χ2v) is 3.90. The van der Waals surface area contributed by atoms with E-state index >= 15 is 0 Å². The number of nitrogens with one attached hydrogen (secondary N) is 1. The number of carboxylic acids is 1. The highest BCUT2D eigenvalue weighted by atomic mass is 16.5. The Morgan fingerprint density at radius 3 is 2.11 bits per heavy atom. The molecule has 0 aromatic heterocycles. The Bertz CT molecular complexity index is 447. The Balaban J connectivity index is 3.34. The molecule has 0 saturated carbocycles. The molecule has 0 amide bonds. The molecule has 1 unspecified atom stereocenters. The molecule has 19 heavy (non-hydrogen) atoms. The summed E-state index contributed by atoms with van der Waals surface area (Å²) in [6.45, 7) is 0.293. The highest BCUT2D eigenvalue weighted by molar-refractivity contribution is 5.78. The molecule has 6 heteroatoms. The summed E-state index contributed by atoms with van der Waals surface area (Å²) < 4.78 is 15.6. The Labute approximate surface area is 112 Å². The average molecular weight is 269 g/mol. The third kappa shape index (κ3) is 3.29. The summed E-state index contributed by atoms with van der Waals surface area (Å²) in [5.74, 6) is -0.225. The van der Waals surface area contributed by atoms with Crippen molar-refractivity contribution in [3.8, 4) is 17.2 Å². The quantitative estimate of drug-likeness (QED) is 0.772. The van der Waals surface area contributed by atoms with Crippen LogP contribution < -0.4 is 19.5 Å². The molecule has 2 N–H and O–H groups in total. The van der Waals surface area contributed by atoms with Crippen LogP contribution in [0.5, 0.6) is 17.2 Å². The molecule has 0 heterocycles. The number of hydrogen-bond donors (Lipinski definition) is 2. The third-order valence-electron chi connectivity index (χ3n) is 2.82. The molecule has 0 saturated heterocycles. The van der Waals surface area contributed by atoms with E-state index in [1.165, 1.54) is 21.3 Å². The maximum absolute atomic E-state index is 11.3. The number of aliphatic carboxylic acids is 1. The smallest absolute Gasteiger partial charge is 0.312 e. The summed E-state index contributed by atoms with van der Waals surface area (Å²) in [6.07, 6.45) is 0. The third-order valence-corrected chi connectivity index (χ3v) is 2.82. The number of ether oxygens (including phenoxy) is 3. The molecule has 1 atom stereocenters. The van der Waals surface area contributed by atoms with Crippen LogP contribution >= 0.6 is 0 Å². The van der Waals surface area contributed by atoms with Gasteiger partial charge in [0.15, 0.2) is 11.5 Å². The number of benzene rings is 1. The summed E-state index contributed by atoms with van der Waals surface area (Å²) in [6, 6.07) is 3.26. The zero-order chi connectivity index (χ0) is 14.4. The molecule has 0 aliphatic carbocycles. The van der Waals surface area contributed by atoms with Crippen molar-refractivity contribution in [2.75, 3.05) is 34.9 Å². The maximum Gasteiger partial charge on any atom is 0.312 e. The van der Waals surface area contributed by atoms with Crippen molar-refractivity contribution in [2.45, 2.75) is 5.92 Å². The fourth-order valence-corrected chi connectivity index (χ4v) is 1.86. The lowest BCUT2D eigenvalue weighted by Crippen LogP contribution is -2.24. The maximum atomic E-state index is 11.3. The molecule has 0 bridgehead atoms.